The molecule has 0 heterocycles. The van der Waals surface area contributed by atoms with Gasteiger partial charge < -0.3 is 5.11 Å². The van der Waals surface area contributed by atoms with Crippen molar-refractivity contribution < 1.29 is 9.90 Å². The summed E-state index contributed by atoms with van der Waals surface area (Å²) in [7, 11) is 0. The number of hydrogen-bond donors (Lipinski definition) is 1. The minimum absolute atomic E-state index is 0.375. The molecule has 104 valence electrons. The third kappa shape index (κ3) is 2.74. The topological polar surface area (TPSA) is 37.3 Å². The van der Waals surface area contributed by atoms with Crippen LogP contribution < -0.4 is 0 Å². The molecular weight excluding hydrogens is 248 g/mol. The summed E-state index contributed by atoms with van der Waals surface area (Å²) in [5.41, 5.74) is 5.72. The van der Waals surface area contributed by atoms with E-state index in [1.54, 1.807) is 12.1 Å². The molecule has 2 aromatic carbocycles. The van der Waals surface area contributed by atoms with Gasteiger partial charge >= 0.3 is 5.97 Å². The standard InChI is InChI=1S/C18H20O2/c1-4-13-9-14(5-2)11-15(10-13)17-12(3)7-6-8-16(17)18(19)20/h6-11H,4-5H2,1-3H3,(H,19,20). The lowest BCUT2D eigenvalue weighted by atomic mass is 9.91. The van der Waals surface area contributed by atoms with Crippen LogP contribution in [0.25, 0.3) is 11.1 Å². The first-order valence-electron chi connectivity index (χ1n) is 7.03. The first-order chi connectivity index (χ1) is 9.56. The van der Waals surface area contributed by atoms with Crippen LogP contribution in [0, 0.1) is 6.92 Å². The zero-order valence-corrected chi connectivity index (χ0v) is 12.2. The third-order valence-electron chi connectivity index (χ3n) is 3.66. The highest BCUT2D eigenvalue weighted by Gasteiger charge is 2.14. The molecule has 20 heavy (non-hydrogen) atoms. The Morgan fingerprint density at radius 3 is 2.15 bits per heavy atom. The average Bonchev–Trinajstić information content (AvgIpc) is 2.46. The van der Waals surface area contributed by atoms with Gasteiger partial charge in [-0.15, -0.1) is 0 Å². The second-order valence-corrected chi connectivity index (χ2v) is 5.05. The third-order valence-corrected chi connectivity index (χ3v) is 3.66. The number of carbonyl (C=O) groups is 1. The van der Waals surface area contributed by atoms with Crippen LogP contribution in [0.4, 0.5) is 0 Å². The second-order valence-electron chi connectivity index (χ2n) is 5.05. The van der Waals surface area contributed by atoms with Crippen LogP contribution in [-0.2, 0) is 12.8 Å². The maximum atomic E-state index is 11.5. The minimum atomic E-state index is -0.872. The van der Waals surface area contributed by atoms with Crippen LogP contribution in [0.15, 0.2) is 36.4 Å². The summed E-state index contributed by atoms with van der Waals surface area (Å²) < 4.78 is 0. The van der Waals surface area contributed by atoms with Gasteiger partial charge in [-0.05, 0) is 53.6 Å². The summed E-state index contributed by atoms with van der Waals surface area (Å²) in [4.78, 5) is 11.5. The first-order valence-corrected chi connectivity index (χ1v) is 7.03. The van der Waals surface area contributed by atoms with Gasteiger partial charge in [0.15, 0.2) is 0 Å². The Balaban J connectivity index is 2.70. The Morgan fingerprint density at radius 1 is 1.05 bits per heavy atom. The van der Waals surface area contributed by atoms with Gasteiger partial charge in [0.25, 0.3) is 0 Å². The molecule has 2 heteroatoms. The number of hydrogen-bond acceptors (Lipinski definition) is 1. The summed E-state index contributed by atoms with van der Waals surface area (Å²) in [6.07, 6.45) is 1.91. The van der Waals surface area contributed by atoms with Crippen LogP contribution in [-0.4, -0.2) is 11.1 Å². The maximum absolute atomic E-state index is 11.5. The van der Waals surface area contributed by atoms with Crippen molar-refractivity contribution in [2.75, 3.05) is 0 Å². The summed E-state index contributed by atoms with van der Waals surface area (Å²) in [5, 5.41) is 9.40. The van der Waals surface area contributed by atoms with Crippen molar-refractivity contribution in [2.45, 2.75) is 33.6 Å². The van der Waals surface area contributed by atoms with E-state index in [4.69, 9.17) is 0 Å². The Labute approximate surface area is 120 Å². The fourth-order valence-electron chi connectivity index (χ4n) is 2.54. The molecule has 2 rings (SSSR count). The summed E-state index contributed by atoms with van der Waals surface area (Å²) in [6.45, 7) is 6.20. The molecule has 2 aromatic rings. The Bertz CT molecular complexity index is 620. The van der Waals surface area contributed by atoms with E-state index < -0.39 is 5.97 Å². The van der Waals surface area contributed by atoms with Crippen molar-refractivity contribution in [1.82, 2.24) is 0 Å². The highest BCUT2D eigenvalue weighted by Crippen LogP contribution is 2.29. The molecule has 0 atom stereocenters. The SMILES string of the molecule is CCc1cc(CC)cc(-c2c(C)cccc2C(=O)O)c1. The molecule has 0 aliphatic carbocycles. The Hall–Kier alpha value is -2.09. The van der Waals surface area contributed by atoms with Crippen LogP contribution >= 0.6 is 0 Å². The second kappa shape index (κ2) is 5.91. The monoisotopic (exact) mass is 268 g/mol. The van der Waals surface area contributed by atoms with E-state index >= 15 is 0 Å². The van der Waals surface area contributed by atoms with E-state index in [2.05, 4.69) is 32.0 Å². The van der Waals surface area contributed by atoms with Gasteiger partial charge in [-0.25, -0.2) is 4.79 Å². The van der Waals surface area contributed by atoms with E-state index in [-0.39, 0.29) is 0 Å². The molecule has 0 aliphatic rings. The van der Waals surface area contributed by atoms with Gasteiger partial charge in [-0.1, -0.05) is 44.2 Å². The molecular formula is C18H20O2. The molecule has 0 spiro atoms. The van der Waals surface area contributed by atoms with E-state index in [9.17, 15) is 9.90 Å². The van der Waals surface area contributed by atoms with Gasteiger partial charge in [0.2, 0.25) is 0 Å². The minimum Gasteiger partial charge on any atom is -0.478 e. The van der Waals surface area contributed by atoms with Crippen molar-refractivity contribution >= 4 is 5.97 Å². The lowest BCUT2D eigenvalue weighted by Gasteiger charge is -2.13. The average molecular weight is 268 g/mol. The number of rotatable bonds is 4. The number of benzene rings is 2. The predicted molar refractivity (Wildman–Crippen MR) is 82.3 cm³/mol. The molecule has 0 saturated heterocycles. The molecule has 0 aliphatic heterocycles. The number of aromatic carboxylic acids is 1. The van der Waals surface area contributed by atoms with Crippen LogP contribution in [0.1, 0.15) is 40.9 Å². The number of carboxylic acids is 1. The van der Waals surface area contributed by atoms with Gasteiger partial charge in [-0.2, -0.15) is 0 Å². The van der Waals surface area contributed by atoms with E-state index in [1.807, 2.05) is 13.0 Å². The van der Waals surface area contributed by atoms with Crippen molar-refractivity contribution in [3.05, 3.63) is 58.7 Å². The van der Waals surface area contributed by atoms with Crippen molar-refractivity contribution in [2.24, 2.45) is 0 Å². The highest BCUT2D eigenvalue weighted by molar-refractivity contribution is 5.97. The molecule has 0 fully saturated rings. The fraction of sp³-hybridized carbons (Fsp3) is 0.278. The molecule has 0 saturated carbocycles. The molecule has 0 aromatic heterocycles. The van der Waals surface area contributed by atoms with E-state index in [0.29, 0.717) is 5.56 Å². The largest absolute Gasteiger partial charge is 0.478 e. The molecule has 0 unspecified atom stereocenters. The zero-order chi connectivity index (χ0) is 14.7. The van der Waals surface area contributed by atoms with Crippen LogP contribution in [0.2, 0.25) is 0 Å². The smallest absolute Gasteiger partial charge is 0.336 e. The van der Waals surface area contributed by atoms with Crippen LogP contribution in [0.3, 0.4) is 0 Å². The van der Waals surface area contributed by atoms with E-state index in [0.717, 1.165) is 29.5 Å². The Kier molecular flexibility index (Phi) is 4.23. The Morgan fingerprint density at radius 2 is 1.65 bits per heavy atom. The van der Waals surface area contributed by atoms with Crippen molar-refractivity contribution in [3.63, 3.8) is 0 Å². The van der Waals surface area contributed by atoms with Gasteiger partial charge in [0, 0.05) is 0 Å². The summed E-state index contributed by atoms with van der Waals surface area (Å²) in [5.74, 6) is -0.872. The molecule has 0 bridgehead atoms. The molecule has 0 amide bonds. The number of aryl methyl sites for hydroxylation is 3. The maximum Gasteiger partial charge on any atom is 0.336 e. The van der Waals surface area contributed by atoms with E-state index in [1.165, 1.54) is 11.1 Å². The normalized spacial score (nSPS) is 10.6. The lowest BCUT2D eigenvalue weighted by Crippen LogP contribution is -2.02. The quantitative estimate of drug-likeness (QED) is 0.887. The number of carboxylic acid groups (broad SMARTS) is 1. The van der Waals surface area contributed by atoms with Crippen molar-refractivity contribution in [1.29, 1.82) is 0 Å². The van der Waals surface area contributed by atoms with Gasteiger partial charge in [0.05, 0.1) is 5.56 Å². The molecule has 1 N–H and O–H groups in total. The predicted octanol–water partition coefficient (Wildman–Crippen LogP) is 4.49. The summed E-state index contributed by atoms with van der Waals surface area (Å²) in [6, 6.07) is 11.8. The lowest BCUT2D eigenvalue weighted by molar-refractivity contribution is 0.0697. The first kappa shape index (κ1) is 14.3. The van der Waals surface area contributed by atoms with Gasteiger partial charge in [-0.3, -0.25) is 0 Å². The molecule has 2 nitrogen and oxygen atoms in total. The fourth-order valence-corrected chi connectivity index (χ4v) is 2.54. The van der Waals surface area contributed by atoms with Gasteiger partial charge in [0.1, 0.15) is 0 Å². The highest BCUT2D eigenvalue weighted by atomic mass is 16.4. The molecule has 0 radical (unpaired) electrons. The van der Waals surface area contributed by atoms with Crippen molar-refractivity contribution in [3.8, 4) is 11.1 Å². The zero-order valence-electron chi connectivity index (χ0n) is 12.2. The summed E-state index contributed by atoms with van der Waals surface area (Å²) >= 11 is 0. The van der Waals surface area contributed by atoms with Crippen LogP contribution in [0.5, 0.6) is 0 Å².